The van der Waals surface area contributed by atoms with Crippen molar-refractivity contribution in [2.24, 2.45) is 0 Å². The molecule has 0 aliphatic heterocycles. The monoisotopic (exact) mass is 625 g/mol. The molecule has 0 radical (unpaired) electrons. The molecule has 2 amide bonds. The van der Waals surface area contributed by atoms with E-state index < -0.39 is 34.4 Å². The lowest BCUT2D eigenvalue weighted by Gasteiger charge is -2.33. The zero-order valence-electron chi connectivity index (χ0n) is 20.2. The average molecular weight is 627 g/mol. The molecule has 0 unspecified atom stereocenters. The predicted molar refractivity (Wildman–Crippen MR) is 151 cm³/mol. The number of hydrogen-bond donors (Lipinski definition) is 1. The first-order chi connectivity index (χ1) is 17.5. The molecule has 37 heavy (non-hydrogen) atoms. The van der Waals surface area contributed by atoms with E-state index >= 15 is 0 Å². The van der Waals surface area contributed by atoms with E-state index in [0.29, 0.717) is 25.8 Å². The fourth-order valence-corrected chi connectivity index (χ4v) is 5.56. The largest absolute Gasteiger partial charge is 0.357 e. The van der Waals surface area contributed by atoms with Crippen molar-refractivity contribution in [3.05, 3.63) is 98.4 Å². The van der Waals surface area contributed by atoms with Gasteiger partial charge in [0.25, 0.3) is 0 Å². The second-order valence-corrected chi connectivity index (χ2v) is 11.9. The molecule has 0 fully saturated rings. The van der Waals surface area contributed by atoms with Crippen LogP contribution in [0.4, 0.5) is 5.69 Å². The zero-order valence-corrected chi connectivity index (χ0v) is 24.1. The van der Waals surface area contributed by atoms with E-state index in [4.69, 9.17) is 23.2 Å². The normalized spacial score (nSPS) is 12.0. The molecule has 1 atom stereocenters. The molecular formula is C26H26BrCl2N3O4S. The minimum Gasteiger partial charge on any atom is -0.357 e. The van der Waals surface area contributed by atoms with Gasteiger partial charge in [-0.3, -0.25) is 13.9 Å². The molecule has 1 N–H and O–H groups in total. The Morgan fingerprint density at radius 3 is 2.16 bits per heavy atom. The highest BCUT2D eigenvalue weighted by atomic mass is 79.9. The summed E-state index contributed by atoms with van der Waals surface area (Å²) in [6.07, 6.45) is 1.22. The standard InChI is InChI=1S/C26H26BrCl2N3O4S/c1-30-26(34)24(14-18-8-4-3-5-9-18)31(16-21-22(28)12-7-13-23(21)29)25(33)17-32(37(2,35)36)20-11-6-10-19(27)15-20/h3-13,15,24H,14,16-17H2,1-2H3,(H,30,34)/t24-/m0/s1. The lowest BCUT2D eigenvalue weighted by molar-refractivity contribution is -0.139. The molecular weight excluding hydrogens is 601 g/mol. The third kappa shape index (κ3) is 7.70. The molecule has 0 bridgehead atoms. The van der Waals surface area contributed by atoms with Crippen molar-refractivity contribution in [1.29, 1.82) is 0 Å². The molecule has 3 rings (SSSR count). The first-order valence-electron chi connectivity index (χ1n) is 11.2. The third-order valence-corrected chi connectivity index (χ3v) is 8.03. The van der Waals surface area contributed by atoms with E-state index in [9.17, 15) is 18.0 Å². The summed E-state index contributed by atoms with van der Waals surface area (Å²) >= 11 is 16.2. The molecule has 0 saturated carbocycles. The molecule has 0 heterocycles. The zero-order chi connectivity index (χ0) is 27.2. The molecule has 0 aliphatic carbocycles. The van der Waals surface area contributed by atoms with Crippen LogP contribution in [-0.2, 0) is 32.6 Å². The van der Waals surface area contributed by atoms with Crippen LogP contribution in [0, 0.1) is 0 Å². The van der Waals surface area contributed by atoms with Crippen molar-refractivity contribution in [1.82, 2.24) is 10.2 Å². The van der Waals surface area contributed by atoms with Crippen LogP contribution in [0.2, 0.25) is 10.0 Å². The SMILES string of the molecule is CNC(=O)[C@H](Cc1ccccc1)N(Cc1c(Cl)cccc1Cl)C(=O)CN(c1cccc(Br)c1)S(C)(=O)=O. The Labute approximate surface area is 235 Å². The minimum absolute atomic E-state index is 0.0989. The number of hydrogen-bond acceptors (Lipinski definition) is 4. The molecule has 0 aromatic heterocycles. The number of sulfonamides is 1. The van der Waals surface area contributed by atoms with Gasteiger partial charge in [-0.05, 0) is 35.9 Å². The molecule has 3 aromatic rings. The first-order valence-corrected chi connectivity index (χ1v) is 14.6. The number of anilines is 1. The number of likely N-dealkylation sites (N-methyl/N-ethyl adjacent to an activating group) is 1. The lowest BCUT2D eigenvalue weighted by atomic mass is 10.0. The van der Waals surface area contributed by atoms with Crippen LogP contribution in [0.1, 0.15) is 11.1 Å². The smallest absolute Gasteiger partial charge is 0.244 e. The van der Waals surface area contributed by atoms with Crippen molar-refractivity contribution in [3.63, 3.8) is 0 Å². The number of nitrogens with one attached hydrogen (secondary N) is 1. The summed E-state index contributed by atoms with van der Waals surface area (Å²) in [6.45, 7) is -0.627. The van der Waals surface area contributed by atoms with Crippen LogP contribution < -0.4 is 9.62 Å². The number of halogens is 3. The highest BCUT2D eigenvalue weighted by molar-refractivity contribution is 9.10. The average Bonchev–Trinajstić information content (AvgIpc) is 2.85. The van der Waals surface area contributed by atoms with Gasteiger partial charge in [0.2, 0.25) is 21.8 Å². The Balaban J connectivity index is 2.07. The molecule has 196 valence electrons. The first kappa shape index (κ1) is 29.0. The number of amides is 2. The van der Waals surface area contributed by atoms with E-state index in [0.717, 1.165) is 16.1 Å². The number of nitrogens with zero attached hydrogens (tertiary/aromatic N) is 2. The van der Waals surface area contributed by atoms with E-state index in [-0.39, 0.29) is 13.0 Å². The van der Waals surface area contributed by atoms with Crippen LogP contribution in [0.3, 0.4) is 0 Å². The summed E-state index contributed by atoms with van der Waals surface area (Å²) in [5.74, 6) is -1.00. The molecule has 0 aliphatic rings. The Morgan fingerprint density at radius 1 is 0.973 bits per heavy atom. The van der Waals surface area contributed by atoms with Gasteiger partial charge in [-0.25, -0.2) is 8.42 Å². The Bertz CT molecular complexity index is 1350. The van der Waals surface area contributed by atoms with Crippen LogP contribution in [0.15, 0.2) is 77.3 Å². The summed E-state index contributed by atoms with van der Waals surface area (Å²) in [5.41, 5.74) is 1.58. The Hall–Kier alpha value is -2.59. The number of carbonyl (C=O) groups is 2. The van der Waals surface area contributed by atoms with Gasteiger partial charge >= 0.3 is 0 Å². The fraction of sp³-hybridized carbons (Fsp3) is 0.231. The van der Waals surface area contributed by atoms with Crippen LogP contribution in [0.25, 0.3) is 0 Å². The topological polar surface area (TPSA) is 86.8 Å². The maximum Gasteiger partial charge on any atom is 0.244 e. The number of carbonyl (C=O) groups excluding carboxylic acids is 2. The van der Waals surface area contributed by atoms with Gasteiger partial charge < -0.3 is 10.2 Å². The molecule has 7 nitrogen and oxygen atoms in total. The summed E-state index contributed by atoms with van der Waals surface area (Å²) in [4.78, 5) is 28.3. The maximum absolute atomic E-state index is 13.9. The predicted octanol–water partition coefficient (Wildman–Crippen LogP) is 4.91. The van der Waals surface area contributed by atoms with Crippen molar-refractivity contribution >= 4 is 66.7 Å². The summed E-state index contributed by atoms with van der Waals surface area (Å²) in [5, 5.41) is 3.27. The lowest BCUT2D eigenvalue weighted by Crippen LogP contribution is -2.53. The van der Waals surface area contributed by atoms with Crippen LogP contribution >= 0.6 is 39.1 Å². The van der Waals surface area contributed by atoms with Gasteiger partial charge in [0.15, 0.2) is 0 Å². The molecule has 0 saturated heterocycles. The van der Waals surface area contributed by atoms with Gasteiger partial charge in [0.1, 0.15) is 12.6 Å². The third-order valence-electron chi connectivity index (χ3n) is 5.68. The van der Waals surface area contributed by atoms with E-state index in [1.54, 1.807) is 42.5 Å². The highest BCUT2D eigenvalue weighted by Crippen LogP contribution is 2.28. The van der Waals surface area contributed by atoms with E-state index in [2.05, 4.69) is 21.2 Å². The van der Waals surface area contributed by atoms with Crippen LogP contribution in [0.5, 0.6) is 0 Å². The summed E-state index contributed by atoms with van der Waals surface area (Å²) in [7, 11) is -2.37. The van der Waals surface area contributed by atoms with Gasteiger partial charge in [-0.1, -0.05) is 81.6 Å². The van der Waals surface area contributed by atoms with Gasteiger partial charge in [0.05, 0.1) is 11.9 Å². The van der Waals surface area contributed by atoms with E-state index in [1.165, 1.54) is 11.9 Å². The van der Waals surface area contributed by atoms with Gasteiger partial charge in [-0.15, -0.1) is 0 Å². The maximum atomic E-state index is 13.9. The van der Waals surface area contributed by atoms with Crippen molar-refractivity contribution in [3.8, 4) is 0 Å². The van der Waals surface area contributed by atoms with Crippen molar-refractivity contribution in [2.45, 2.75) is 19.0 Å². The van der Waals surface area contributed by atoms with E-state index in [1.807, 2.05) is 30.3 Å². The fourth-order valence-electron chi connectivity index (χ4n) is 3.82. The quantitative estimate of drug-likeness (QED) is 0.347. The van der Waals surface area contributed by atoms with Gasteiger partial charge in [-0.2, -0.15) is 0 Å². The summed E-state index contributed by atoms with van der Waals surface area (Å²) < 4.78 is 27.1. The second-order valence-electron chi connectivity index (χ2n) is 8.29. The highest BCUT2D eigenvalue weighted by Gasteiger charge is 2.33. The Morgan fingerprint density at radius 2 is 1.59 bits per heavy atom. The molecule has 3 aromatic carbocycles. The van der Waals surface area contributed by atoms with Crippen molar-refractivity contribution < 1.29 is 18.0 Å². The number of benzene rings is 3. The second kappa shape index (κ2) is 12.8. The molecule has 11 heteroatoms. The Kier molecular flexibility index (Phi) is 10.0. The van der Waals surface area contributed by atoms with Crippen LogP contribution in [-0.4, -0.2) is 51.0 Å². The number of rotatable bonds is 10. The summed E-state index contributed by atoms with van der Waals surface area (Å²) in [6, 6.07) is 19.9. The van der Waals surface area contributed by atoms with Crippen molar-refractivity contribution in [2.75, 3.05) is 24.2 Å². The molecule has 0 spiro atoms. The van der Waals surface area contributed by atoms with Gasteiger partial charge in [0, 0.05) is 40.1 Å². The minimum atomic E-state index is -3.85.